The topological polar surface area (TPSA) is 72.8 Å². The minimum absolute atomic E-state index is 0.522. The van der Waals surface area contributed by atoms with E-state index in [1.54, 1.807) is 26.3 Å². The summed E-state index contributed by atoms with van der Waals surface area (Å²) in [7, 11) is 0. The van der Waals surface area contributed by atoms with Crippen LogP contribution in [-0.2, 0) is 4.79 Å². The molecule has 28 heavy (non-hydrogen) atoms. The van der Waals surface area contributed by atoms with E-state index in [9.17, 15) is 15.1 Å². The molecule has 1 atom stereocenters. The van der Waals surface area contributed by atoms with Crippen LogP contribution in [0.15, 0.2) is 0 Å². The number of amides is 1. The van der Waals surface area contributed by atoms with Crippen molar-refractivity contribution in [3.8, 4) is 0 Å². The number of hydrogen-bond acceptors (Lipinski definition) is 4. The van der Waals surface area contributed by atoms with Crippen LogP contribution in [0.3, 0.4) is 0 Å². The van der Waals surface area contributed by atoms with E-state index in [0.717, 1.165) is 49.6 Å². The molecule has 1 heterocycles. The van der Waals surface area contributed by atoms with Gasteiger partial charge in [-0.3, -0.25) is 14.9 Å². The molecule has 5 nitrogen and oxygen atoms in total. The minimum Gasteiger partial charge on any atom is -0.388 e. The lowest BCUT2D eigenvalue weighted by Crippen LogP contribution is -2.68. The van der Waals surface area contributed by atoms with Crippen molar-refractivity contribution in [2.45, 2.75) is 103 Å². The molecule has 3 aliphatic rings. The van der Waals surface area contributed by atoms with Crippen LogP contribution < -0.4 is 5.48 Å². The Morgan fingerprint density at radius 3 is 1.64 bits per heavy atom. The number of carbonyl (C=O) groups excluding carboxylic acids is 1. The summed E-state index contributed by atoms with van der Waals surface area (Å²) in [5.41, 5.74) is -0.572. The van der Waals surface area contributed by atoms with E-state index in [-0.39, 0.29) is 0 Å². The molecule has 1 aliphatic heterocycles. The fraction of sp³-hybridized carbons (Fsp3) is 0.957. The molecule has 2 saturated carbocycles. The first-order valence-electron chi connectivity index (χ1n) is 11.7. The summed E-state index contributed by atoms with van der Waals surface area (Å²) in [6.45, 7) is 6.66. The fourth-order valence-corrected chi connectivity index (χ4v) is 6.43. The average molecular weight is 395 g/mol. The van der Waals surface area contributed by atoms with Crippen molar-refractivity contribution in [2.75, 3.05) is 13.1 Å². The smallest absolute Gasteiger partial charge is 0.266 e. The highest BCUT2D eigenvalue weighted by Gasteiger charge is 2.51. The van der Waals surface area contributed by atoms with Gasteiger partial charge in [0.25, 0.3) is 5.91 Å². The normalized spacial score (nSPS) is 31.3. The SMILES string of the molecule is CC(C)(O)C(C)(C(=O)NO)N1CCC(C2CCC(C3CCCCC3)CC2)CC1. The largest absolute Gasteiger partial charge is 0.388 e. The second kappa shape index (κ2) is 9.01. The molecule has 0 spiro atoms. The Morgan fingerprint density at radius 2 is 1.21 bits per heavy atom. The number of hydroxylamine groups is 1. The highest BCUT2D eigenvalue weighted by atomic mass is 16.5. The minimum atomic E-state index is -1.23. The molecule has 0 bridgehead atoms. The van der Waals surface area contributed by atoms with Crippen molar-refractivity contribution in [2.24, 2.45) is 23.7 Å². The Bertz CT molecular complexity index is 510. The van der Waals surface area contributed by atoms with Gasteiger partial charge in [-0.15, -0.1) is 0 Å². The zero-order valence-corrected chi connectivity index (χ0v) is 18.3. The number of aliphatic hydroxyl groups is 1. The molecular formula is C23H42N2O3. The molecule has 0 aromatic carbocycles. The number of hydrogen-bond donors (Lipinski definition) is 3. The van der Waals surface area contributed by atoms with Gasteiger partial charge >= 0.3 is 0 Å². The summed E-state index contributed by atoms with van der Waals surface area (Å²) in [6, 6.07) is 0. The molecule has 3 rings (SSSR count). The molecule has 0 radical (unpaired) electrons. The van der Waals surface area contributed by atoms with Gasteiger partial charge in [-0.25, -0.2) is 5.48 Å². The summed E-state index contributed by atoms with van der Waals surface area (Å²) in [5.74, 6) is 3.03. The summed E-state index contributed by atoms with van der Waals surface area (Å²) < 4.78 is 0. The number of piperidine rings is 1. The van der Waals surface area contributed by atoms with Gasteiger partial charge in [0.15, 0.2) is 0 Å². The van der Waals surface area contributed by atoms with Crippen molar-refractivity contribution < 1.29 is 15.1 Å². The van der Waals surface area contributed by atoms with Crippen molar-refractivity contribution >= 4 is 5.91 Å². The van der Waals surface area contributed by atoms with Crippen LogP contribution in [0.4, 0.5) is 0 Å². The Kier molecular flexibility index (Phi) is 7.09. The van der Waals surface area contributed by atoms with Crippen LogP contribution in [0, 0.1) is 23.7 Å². The highest BCUT2D eigenvalue weighted by Crippen LogP contribution is 2.44. The second-order valence-corrected chi connectivity index (χ2v) is 10.5. The molecule has 0 aromatic heterocycles. The molecule has 162 valence electrons. The standard InChI is InChI=1S/C23H42N2O3/c1-22(2,27)23(3,21(26)24-28)25-15-13-20(14-16-25)19-11-9-18(10-12-19)17-7-5-4-6-8-17/h17-20,27-28H,4-16H2,1-3H3,(H,24,26). The van der Waals surface area contributed by atoms with Crippen molar-refractivity contribution in [3.05, 3.63) is 0 Å². The maximum absolute atomic E-state index is 12.4. The highest BCUT2D eigenvalue weighted by molar-refractivity contribution is 5.86. The van der Waals surface area contributed by atoms with Gasteiger partial charge in [-0.1, -0.05) is 32.1 Å². The van der Waals surface area contributed by atoms with Crippen molar-refractivity contribution in [3.63, 3.8) is 0 Å². The number of likely N-dealkylation sites (tertiary alicyclic amines) is 1. The number of rotatable bonds is 5. The zero-order valence-electron chi connectivity index (χ0n) is 18.3. The van der Waals surface area contributed by atoms with Crippen LogP contribution in [0.1, 0.15) is 91.4 Å². The lowest BCUT2D eigenvalue weighted by Gasteiger charge is -2.50. The van der Waals surface area contributed by atoms with Crippen LogP contribution >= 0.6 is 0 Å². The molecule has 2 aliphatic carbocycles. The quantitative estimate of drug-likeness (QED) is 0.484. The summed E-state index contributed by atoms with van der Waals surface area (Å²) in [6.07, 6.45) is 15.1. The fourth-order valence-electron chi connectivity index (χ4n) is 6.43. The first-order chi connectivity index (χ1) is 13.3. The Hall–Kier alpha value is -0.650. The van der Waals surface area contributed by atoms with Gasteiger partial charge in [0.05, 0.1) is 5.60 Å². The number of carbonyl (C=O) groups is 1. The number of nitrogens with zero attached hydrogens (tertiary/aromatic N) is 1. The lowest BCUT2D eigenvalue weighted by atomic mass is 9.67. The van der Waals surface area contributed by atoms with Gasteiger partial charge in [0.2, 0.25) is 0 Å². The maximum atomic E-state index is 12.4. The van der Waals surface area contributed by atoms with Gasteiger partial charge < -0.3 is 5.11 Å². The average Bonchev–Trinajstić information content (AvgIpc) is 2.72. The van der Waals surface area contributed by atoms with Gasteiger partial charge in [-0.2, -0.15) is 0 Å². The van der Waals surface area contributed by atoms with Crippen molar-refractivity contribution in [1.29, 1.82) is 0 Å². The van der Waals surface area contributed by atoms with Gasteiger partial charge in [-0.05, 0) is 96.1 Å². The first-order valence-corrected chi connectivity index (χ1v) is 11.7. The second-order valence-electron chi connectivity index (χ2n) is 10.5. The Morgan fingerprint density at radius 1 is 0.786 bits per heavy atom. The monoisotopic (exact) mass is 394 g/mol. The molecule has 5 heteroatoms. The van der Waals surface area contributed by atoms with E-state index >= 15 is 0 Å². The molecule has 3 fully saturated rings. The van der Waals surface area contributed by atoms with E-state index < -0.39 is 17.0 Å². The summed E-state index contributed by atoms with van der Waals surface area (Å²) in [4.78, 5) is 14.5. The van der Waals surface area contributed by atoms with Gasteiger partial charge in [0.1, 0.15) is 5.54 Å². The molecular weight excluding hydrogens is 352 g/mol. The van der Waals surface area contributed by atoms with Crippen molar-refractivity contribution in [1.82, 2.24) is 10.4 Å². The Labute approximate surface area is 171 Å². The van der Waals surface area contributed by atoms with E-state index in [1.807, 2.05) is 0 Å². The molecule has 1 amide bonds. The number of nitrogens with one attached hydrogen (secondary N) is 1. The van der Waals surface area contributed by atoms with Crippen LogP contribution in [-0.4, -0.2) is 45.4 Å². The predicted molar refractivity (Wildman–Crippen MR) is 111 cm³/mol. The van der Waals surface area contributed by atoms with E-state index in [1.165, 1.54) is 57.8 Å². The molecule has 1 unspecified atom stereocenters. The van der Waals surface area contributed by atoms with E-state index in [4.69, 9.17) is 0 Å². The van der Waals surface area contributed by atoms with Gasteiger partial charge in [0, 0.05) is 0 Å². The predicted octanol–water partition coefficient (Wildman–Crippen LogP) is 4.12. The third-order valence-electron chi connectivity index (χ3n) is 8.71. The van der Waals surface area contributed by atoms with Crippen LogP contribution in [0.25, 0.3) is 0 Å². The van der Waals surface area contributed by atoms with E-state index in [0.29, 0.717) is 0 Å². The third kappa shape index (κ3) is 4.41. The Balaban J connectivity index is 1.52. The third-order valence-corrected chi connectivity index (χ3v) is 8.71. The van der Waals surface area contributed by atoms with E-state index in [2.05, 4.69) is 4.90 Å². The zero-order chi connectivity index (χ0) is 20.4. The lowest BCUT2D eigenvalue weighted by molar-refractivity contribution is -0.161. The van der Waals surface area contributed by atoms with Crippen LogP contribution in [0.5, 0.6) is 0 Å². The van der Waals surface area contributed by atoms with Crippen LogP contribution in [0.2, 0.25) is 0 Å². The molecule has 3 N–H and O–H groups in total. The molecule has 0 aromatic rings. The molecule has 1 saturated heterocycles. The maximum Gasteiger partial charge on any atom is 0.266 e. The first kappa shape index (κ1) is 22.0. The summed E-state index contributed by atoms with van der Waals surface area (Å²) >= 11 is 0. The summed E-state index contributed by atoms with van der Waals surface area (Å²) in [5, 5.41) is 19.9.